The van der Waals surface area contributed by atoms with Crippen LogP contribution in [0.25, 0.3) is 89.9 Å². The molecule has 11 rings (SSSR count). The minimum atomic E-state index is 1.04. The Bertz CT molecular complexity index is 3000. The molecule has 2 aliphatic carbocycles. The first kappa shape index (κ1) is 28.5. The van der Waals surface area contributed by atoms with Crippen LogP contribution in [0.3, 0.4) is 0 Å². The molecule has 0 saturated heterocycles. The summed E-state index contributed by atoms with van der Waals surface area (Å²) in [7, 11) is 0. The molecular weight excluding hydrogens is 619 g/mol. The molecule has 0 radical (unpaired) electrons. The Kier molecular flexibility index (Phi) is 6.20. The Balaban J connectivity index is 1.08. The van der Waals surface area contributed by atoms with Crippen LogP contribution in [-0.4, -0.2) is 14.1 Å². The second-order valence-electron chi connectivity index (χ2n) is 14.1. The van der Waals surface area contributed by atoms with Gasteiger partial charge in [-0.1, -0.05) is 91.0 Å². The summed E-state index contributed by atoms with van der Waals surface area (Å²) in [6.07, 6.45) is 11.5. The van der Waals surface area contributed by atoms with Gasteiger partial charge in [-0.05, 0) is 120 Å². The van der Waals surface area contributed by atoms with Gasteiger partial charge in [-0.3, -0.25) is 0 Å². The van der Waals surface area contributed by atoms with E-state index in [0.29, 0.717) is 0 Å². The van der Waals surface area contributed by atoms with E-state index in [1.165, 1.54) is 99.1 Å². The number of para-hydroxylation sites is 3. The number of nitrogens with one attached hydrogen (secondary N) is 1. The molecular formula is C48H35N3. The highest BCUT2D eigenvalue weighted by Gasteiger charge is 2.20. The maximum Gasteiger partial charge on any atom is 0.0547 e. The highest BCUT2D eigenvalue weighted by molar-refractivity contribution is 6.11. The number of fused-ring (bicyclic) bond motifs is 9. The number of hydrogen-bond acceptors (Lipinski definition) is 0. The molecule has 0 unspecified atom stereocenters. The van der Waals surface area contributed by atoms with Crippen LogP contribution in [0.4, 0.5) is 0 Å². The molecule has 0 atom stereocenters. The topological polar surface area (TPSA) is 25.6 Å². The van der Waals surface area contributed by atoms with Gasteiger partial charge in [0.05, 0.1) is 16.6 Å². The van der Waals surface area contributed by atoms with Crippen molar-refractivity contribution in [2.24, 2.45) is 0 Å². The summed E-state index contributed by atoms with van der Waals surface area (Å²) in [6.45, 7) is 0. The van der Waals surface area contributed by atoms with Crippen LogP contribution in [0.2, 0.25) is 0 Å². The Hall–Kier alpha value is -6.32. The lowest BCUT2D eigenvalue weighted by Gasteiger charge is -2.15. The number of hydrogen-bond donors (Lipinski definition) is 1. The summed E-state index contributed by atoms with van der Waals surface area (Å²) < 4.78 is 4.87. The lowest BCUT2D eigenvalue weighted by Crippen LogP contribution is -2.30. The van der Waals surface area contributed by atoms with E-state index in [9.17, 15) is 0 Å². The van der Waals surface area contributed by atoms with Crippen LogP contribution < -0.4 is 10.6 Å². The maximum absolute atomic E-state index is 3.68. The summed E-state index contributed by atoms with van der Waals surface area (Å²) in [5.74, 6) is 0. The minimum Gasteiger partial charge on any atom is -0.355 e. The van der Waals surface area contributed by atoms with Gasteiger partial charge < -0.3 is 14.1 Å². The smallest absolute Gasteiger partial charge is 0.0547 e. The fourth-order valence-corrected chi connectivity index (χ4v) is 8.84. The molecule has 0 bridgehead atoms. The van der Waals surface area contributed by atoms with Gasteiger partial charge in [-0.2, -0.15) is 0 Å². The molecule has 9 aromatic rings. The average Bonchev–Trinajstić information content (AvgIpc) is 3.85. The van der Waals surface area contributed by atoms with Gasteiger partial charge in [-0.15, -0.1) is 0 Å². The SMILES string of the molecule is C1=C(c2ccc3c(c2)c2ccc(-c4ccc5c(c4)c4c(n5-c5ccccc5)=CCCC=4)cc2n3-c2ccccc2)CCc2c1[nH]c1ccccc21. The number of aromatic nitrogens is 3. The number of H-pyrrole nitrogens is 1. The third kappa shape index (κ3) is 4.38. The van der Waals surface area contributed by atoms with Gasteiger partial charge in [0.2, 0.25) is 0 Å². The summed E-state index contributed by atoms with van der Waals surface area (Å²) in [5.41, 5.74) is 15.2. The lowest BCUT2D eigenvalue weighted by molar-refractivity contribution is 1.01. The quantitative estimate of drug-likeness (QED) is 0.196. The molecule has 242 valence electrons. The standard InChI is InChI=1S/C48H35N3/c1-3-11-35(12-4-1)50-45-18-10-8-16-39(45)41-28-32(22-25-46(41)50)34-20-24-40-42-27-31(21-26-47(42)51(48(40)30-34)36-13-5-2-6-14-36)33-19-23-38-37-15-7-9-17-43(37)49-44(38)29-33/h1-7,9,11-18,20-22,24-30,49H,8,10,19,23H2. The molecule has 6 aromatic carbocycles. The largest absolute Gasteiger partial charge is 0.355 e. The summed E-state index contributed by atoms with van der Waals surface area (Å²) in [6, 6.07) is 51.4. The fraction of sp³-hybridized carbons (Fsp3) is 0.0833. The summed E-state index contributed by atoms with van der Waals surface area (Å²) in [5, 5.41) is 7.89. The van der Waals surface area contributed by atoms with E-state index in [2.05, 4.69) is 172 Å². The van der Waals surface area contributed by atoms with Crippen LogP contribution in [0.5, 0.6) is 0 Å². The Labute approximate surface area is 295 Å². The van der Waals surface area contributed by atoms with Crippen molar-refractivity contribution in [1.29, 1.82) is 0 Å². The van der Waals surface area contributed by atoms with Gasteiger partial charge in [-0.25, -0.2) is 0 Å². The van der Waals surface area contributed by atoms with Gasteiger partial charge >= 0.3 is 0 Å². The van der Waals surface area contributed by atoms with E-state index < -0.39 is 0 Å². The van der Waals surface area contributed by atoms with Crippen LogP contribution in [0.15, 0.2) is 140 Å². The number of allylic oxidation sites excluding steroid dienone is 1. The van der Waals surface area contributed by atoms with Crippen molar-refractivity contribution in [3.63, 3.8) is 0 Å². The molecule has 0 spiro atoms. The first-order valence-corrected chi connectivity index (χ1v) is 18.1. The zero-order valence-corrected chi connectivity index (χ0v) is 28.2. The van der Waals surface area contributed by atoms with Crippen molar-refractivity contribution < 1.29 is 0 Å². The Morgan fingerprint density at radius 2 is 1.14 bits per heavy atom. The van der Waals surface area contributed by atoms with Crippen molar-refractivity contribution in [3.8, 4) is 22.5 Å². The van der Waals surface area contributed by atoms with Crippen LogP contribution in [-0.2, 0) is 6.42 Å². The van der Waals surface area contributed by atoms with E-state index in [0.717, 1.165) is 25.7 Å². The molecule has 1 N–H and O–H groups in total. The second-order valence-corrected chi connectivity index (χ2v) is 14.1. The maximum atomic E-state index is 3.68. The van der Waals surface area contributed by atoms with E-state index in [1.54, 1.807) is 0 Å². The van der Waals surface area contributed by atoms with Crippen molar-refractivity contribution in [2.45, 2.75) is 25.7 Å². The number of nitrogens with zero attached hydrogens (tertiary/aromatic N) is 2. The average molecular weight is 654 g/mol. The number of aromatic amines is 1. The first-order valence-electron chi connectivity index (χ1n) is 18.1. The molecule has 0 fully saturated rings. The zero-order valence-electron chi connectivity index (χ0n) is 28.2. The van der Waals surface area contributed by atoms with Crippen molar-refractivity contribution in [3.05, 3.63) is 167 Å². The van der Waals surface area contributed by atoms with Gasteiger partial charge in [0.15, 0.2) is 0 Å². The van der Waals surface area contributed by atoms with Gasteiger partial charge in [0.25, 0.3) is 0 Å². The number of benzene rings is 6. The summed E-state index contributed by atoms with van der Waals surface area (Å²) in [4.78, 5) is 3.68. The molecule has 3 heteroatoms. The Morgan fingerprint density at radius 3 is 1.98 bits per heavy atom. The highest BCUT2D eigenvalue weighted by Crippen LogP contribution is 2.39. The van der Waals surface area contributed by atoms with E-state index >= 15 is 0 Å². The molecule has 0 saturated carbocycles. The molecule has 51 heavy (non-hydrogen) atoms. The van der Waals surface area contributed by atoms with E-state index in [4.69, 9.17) is 0 Å². The van der Waals surface area contributed by atoms with E-state index in [1.807, 2.05) is 0 Å². The van der Waals surface area contributed by atoms with Gasteiger partial charge in [0, 0.05) is 54.7 Å². The normalized spacial score (nSPS) is 14.0. The molecule has 3 heterocycles. The predicted molar refractivity (Wildman–Crippen MR) is 215 cm³/mol. The first-order chi connectivity index (χ1) is 25.3. The molecule has 0 amide bonds. The molecule has 0 aliphatic heterocycles. The molecule has 3 nitrogen and oxygen atoms in total. The molecule has 2 aliphatic rings. The predicted octanol–water partition coefficient (Wildman–Crippen LogP) is 10.7. The van der Waals surface area contributed by atoms with Crippen LogP contribution in [0.1, 0.15) is 36.1 Å². The Morgan fingerprint density at radius 1 is 0.471 bits per heavy atom. The molecule has 3 aromatic heterocycles. The number of rotatable bonds is 4. The third-order valence-electron chi connectivity index (χ3n) is 11.2. The van der Waals surface area contributed by atoms with Crippen LogP contribution in [0, 0.1) is 0 Å². The minimum absolute atomic E-state index is 1.04. The zero-order chi connectivity index (χ0) is 33.5. The van der Waals surface area contributed by atoms with Crippen molar-refractivity contribution in [1.82, 2.24) is 14.1 Å². The van der Waals surface area contributed by atoms with Crippen molar-refractivity contribution >= 4 is 67.4 Å². The van der Waals surface area contributed by atoms with Crippen molar-refractivity contribution in [2.75, 3.05) is 0 Å². The second kappa shape index (κ2) is 11.1. The fourth-order valence-electron chi connectivity index (χ4n) is 8.84. The highest BCUT2D eigenvalue weighted by atomic mass is 15.0. The van der Waals surface area contributed by atoms with E-state index in [-0.39, 0.29) is 0 Å². The summed E-state index contributed by atoms with van der Waals surface area (Å²) >= 11 is 0. The lowest BCUT2D eigenvalue weighted by atomic mass is 9.90. The van der Waals surface area contributed by atoms with Crippen LogP contribution >= 0.6 is 0 Å². The third-order valence-corrected chi connectivity index (χ3v) is 11.2. The number of aryl methyl sites for hydroxylation is 1. The monoisotopic (exact) mass is 653 g/mol. The van der Waals surface area contributed by atoms with Gasteiger partial charge in [0.1, 0.15) is 0 Å².